The minimum absolute atomic E-state index is 0.609. The summed E-state index contributed by atoms with van der Waals surface area (Å²) in [7, 11) is 0. The maximum Gasteiger partial charge on any atom is 0.126 e. The Morgan fingerprint density at radius 3 is 2.76 bits per heavy atom. The first-order chi connectivity index (χ1) is 8.15. The van der Waals surface area contributed by atoms with Crippen molar-refractivity contribution in [3.05, 3.63) is 23.9 Å². The third kappa shape index (κ3) is 4.73. The Labute approximate surface area is 105 Å². The van der Waals surface area contributed by atoms with Gasteiger partial charge in [-0.15, -0.1) is 0 Å². The van der Waals surface area contributed by atoms with Crippen molar-refractivity contribution < 1.29 is 0 Å². The molecule has 1 aromatic heterocycles. The second-order valence-electron chi connectivity index (χ2n) is 4.85. The average molecular weight is 235 g/mol. The van der Waals surface area contributed by atoms with E-state index in [0.29, 0.717) is 17.8 Å². The van der Waals surface area contributed by atoms with E-state index in [1.807, 2.05) is 6.07 Å². The Morgan fingerprint density at radius 2 is 2.18 bits per heavy atom. The summed E-state index contributed by atoms with van der Waals surface area (Å²) < 4.78 is 0. The quantitative estimate of drug-likeness (QED) is 0.764. The van der Waals surface area contributed by atoms with Gasteiger partial charge in [0.15, 0.2) is 0 Å². The summed E-state index contributed by atoms with van der Waals surface area (Å²) in [6.07, 6.45) is 5.12. The number of nitrogens with one attached hydrogen (secondary N) is 1. The monoisotopic (exact) mass is 235 g/mol. The van der Waals surface area contributed by atoms with E-state index >= 15 is 0 Å². The van der Waals surface area contributed by atoms with Crippen LogP contribution in [0.25, 0.3) is 0 Å². The predicted octanol–water partition coefficient (Wildman–Crippen LogP) is 2.62. The molecule has 0 radical (unpaired) electrons. The number of nitrogens with two attached hydrogens (primary N) is 1. The van der Waals surface area contributed by atoms with Crippen LogP contribution in [0.15, 0.2) is 18.3 Å². The van der Waals surface area contributed by atoms with Gasteiger partial charge in [-0.3, -0.25) is 0 Å². The third-order valence-electron chi connectivity index (χ3n) is 3.16. The van der Waals surface area contributed by atoms with Gasteiger partial charge in [-0.2, -0.15) is 0 Å². The summed E-state index contributed by atoms with van der Waals surface area (Å²) in [4.78, 5) is 4.11. The fourth-order valence-corrected chi connectivity index (χ4v) is 2.11. The van der Waals surface area contributed by atoms with E-state index in [9.17, 15) is 0 Å². The maximum atomic E-state index is 5.83. The molecule has 3 nitrogen and oxygen atoms in total. The number of hydrogen-bond acceptors (Lipinski definition) is 3. The van der Waals surface area contributed by atoms with Gasteiger partial charge in [0.05, 0.1) is 0 Å². The molecular weight excluding hydrogens is 210 g/mol. The fraction of sp³-hybridized carbons (Fsp3) is 0.643. The van der Waals surface area contributed by atoms with Crippen molar-refractivity contribution in [1.82, 2.24) is 10.3 Å². The van der Waals surface area contributed by atoms with Crippen molar-refractivity contribution in [2.75, 3.05) is 12.3 Å². The number of anilines is 1. The Hall–Kier alpha value is -1.09. The molecule has 3 N–H and O–H groups in total. The van der Waals surface area contributed by atoms with Gasteiger partial charge in [0, 0.05) is 12.2 Å². The molecule has 0 aliphatic heterocycles. The van der Waals surface area contributed by atoms with Crippen LogP contribution in [0.4, 0.5) is 5.82 Å². The smallest absolute Gasteiger partial charge is 0.126 e. The summed E-state index contributed by atoms with van der Waals surface area (Å²) >= 11 is 0. The average Bonchev–Trinajstić information content (AvgIpc) is 2.30. The van der Waals surface area contributed by atoms with E-state index in [4.69, 9.17) is 5.73 Å². The lowest BCUT2D eigenvalue weighted by atomic mass is 9.97. The number of aryl methyl sites for hydroxylation is 1. The van der Waals surface area contributed by atoms with Crippen molar-refractivity contribution in [2.24, 2.45) is 5.92 Å². The second-order valence-corrected chi connectivity index (χ2v) is 4.85. The first-order valence-corrected chi connectivity index (χ1v) is 6.57. The zero-order valence-electron chi connectivity index (χ0n) is 11.2. The summed E-state index contributed by atoms with van der Waals surface area (Å²) in [5.74, 6) is 1.36. The van der Waals surface area contributed by atoms with Crippen molar-refractivity contribution in [3.8, 4) is 0 Å². The highest BCUT2D eigenvalue weighted by atomic mass is 14.9. The molecule has 1 atom stereocenters. The molecule has 3 heteroatoms. The zero-order valence-corrected chi connectivity index (χ0v) is 11.2. The molecule has 0 spiro atoms. The zero-order chi connectivity index (χ0) is 12.7. The summed E-state index contributed by atoms with van der Waals surface area (Å²) in [5.41, 5.74) is 7.00. The van der Waals surface area contributed by atoms with Gasteiger partial charge in [0.2, 0.25) is 0 Å². The Balaban J connectivity index is 2.38. The number of rotatable bonds is 7. The van der Waals surface area contributed by atoms with Crippen LogP contribution in [0.5, 0.6) is 0 Å². The van der Waals surface area contributed by atoms with Gasteiger partial charge in [-0.1, -0.05) is 26.8 Å². The second kappa shape index (κ2) is 7.28. The molecule has 0 aromatic carbocycles. The lowest BCUT2D eigenvalue weighted by Gasteiger charge is -2.21. The molecule has 0 bridgehead atoms. The highest BCUT2D eigenvalue weighted by molar-refractivity contribution is 5.38. The molecule has 96 valence electrons. The van der Waals surface area contributed by atoms with E-state index in [0.717, 1.165) is 19.4 Å². The molecule has 0 saturated carbocycles. The maximum absolute atomic E-state index is 5.83. The molecule has 1 heterocycles. The minimum Gasteiger partial charge on any atom is -0.383 e. The number of hydrogen-bond donors (Lipinski definition) is 2. The fourth-order valence-electron chi connectivity index (χ4n) is 2.11. The van der Waals surface area contributed by atoms with Gasteiger partial charge in [-0.05, 0) is 43.4 Å². The van der Waals surface area contributed by atoms with Crippen LogP contribution in [0.1, 0.15) is 39.2 Å². The highest BCUT2D eigenvalue weighted by Crippen LogP contribution is 2.14. The van der Waals surface area contributed by atoms with E-state index in [1.54, 1.807) is 6.20 Å². The molecule has 1 rings (SSSR count). The molecular formula is C14H25N3. The largest absolute Gasteiger partial charge is 0.383 e. The number of pyridine rings is 1. The first-order valence-electron chi connectivity index (χ1n) is 6.57. The van der Waals surface area contributed by atoms with Gasteiger partial charge < -0.3 is 11.1 Å². The molecule has 0 fully saturated rings. The van der Waals surface area contributed by atoms with Gasteiger partial charge in [0.1, 0.15) is 5.82 Å². The third-order valence-corrected chi connectivity index (χ3v) is 3.16. The SMILES string of the molecule is CCNC(CCCc1cccnc1N)C(C)C. The highest BCUT2D eigenvalue weighted by Gasteiger charge is 2.11. The standard InChI is InChI=1S/C14H25N3/c1-4-16-13(11(2)3)9-5-7-12-8-6-10-17-14(12)15/h6,8,10-11,13,16H,4-5,7,9H2,1-3H3,(H2,15,17). The molecule has 17 heavy (non-hydrogen) atoms. The lowest BCUT2D eigenvalue weighted by molar-refractivity contribution is 0.377. The molecule has 1 unspecified atom stereocenters. The lowest BCUT2D eigenvalue weighted by Crippen LogP contribution is -2.33. The Bertz CT molecular complexity index is 323. The van der Waals surface area contributed by atoms with Crippen molar-refractivity contribution in [3.63, 3.8) is 0 Å². The van der Waals surface area contributed by atoms with E-state index < -0.39 is 0 Å². The molecule has 1 aromatic rings. The van der Waals surface area contributed by atoms with Crippen LogP contribution in [-0.4, -0.2) is 17.6 Å². The molecule has 0 aliphatic rings. The van der Waals surface area contributed by atoms with Crippen LogP contribution < -0.4 is 11.1 Å². The number of nitrogen functional groups attached to an aromatic ring is 1. The van der Waals surface area contributed by atoms with E-state index in [2.05, 4.69) is 37.1 Å². The molecule has 0 amide bonds. The Morgan fingerprint density at radius 1 is 1.41 bits per heavy atom. The number of nitrogens with zero attached hydrogens (tertiary/aromatic N) is 1. The van der Waals surface area contributed by atoms with Crippen molar-refractivity contribution in [2.45, 2.75) is 46.1 Å². The van der Waals surface area contributed by atoms with Crippen LogP contribution in [0.2, 0.25) is 0 Å². The van der Waals surface area contributed by atoms with Crippen LogP contribution in [-0.2, 0) is 6.42 Å². The first kappa shape index (κ1) is 14.0. The van der Waals surface area contributed by atoms with Gasteiger partial charge >= 0.3 is 0 Å². The minimum atomic E-state index is 0.609. The number of aromatic nitrogens is 1. The topological polar surface area (TPSA) is 50.9 Å². The normalized spacial score (nSPS) is 12.9. The predicted molar refractivity (Wildman–Crippen MR) is 73.9 cm³/mol. The van der Waals surface area contributed by atoms with E-state index in [-0.39, 0.29) is 0 Å². The summed E-state index contributed by atoms with van der Waals surface area (Å²) in [6, 6.07) is 4.63. The van der Waals surface area contributed by atoms with Crippen LogP contribution >= 0.6 is 0 Å². The van der Waals surface area contributed by atoms with Crippen LogP contribution in [0, 0.1) is 5.92 Å². The Kier molecular flexibility index (Phi) is 5.98. The van der Waals surface area contributed by atoms with Gasteiger partial charge in [0.25, 0.3) is 0 Å². The van der Waals surface area contributed by atoms with Gasteiger partial charge in [-0.25, -0.2) is 4.98 Å². The molecule has 0 saturated heterocycles. The summed E-state index contributed by atoms with van der Waals surface area (Å²) in [6.45, 7) is 7.74. The molecule has 0 aliphatic carbocycles. The summed E-state index contributed by atoms with van der Waals surface area (Å²) in [5, 5.41) is 3.54. The van der Waals surface area contributed by atoms with Crippen molar-refractivity contribution >= 4 is 5.82 Å². The van der Waals surface area contributed by atoms with Crippen molar-refractivity contribution in [1.29, 1.82) is 0 Å². The van der Waals surface area contributed by atoms with Crippen LogP contribution in [0.3, 0.4) is 0 Å². The van der Waals surface area contributed by atoms with E-state index in [1.165, 1.54) is 12.0 Å².